The fourth-order valence-corrected chi connectivity index (χ4v) is 5.02. The molecule has 2 heterocycles. The molecule has 0 aromatic carbocycles. The van der Waals surface area contributed by atoms with Crippen molar-refractivity contribution < 1.29 is 5.11 Å². The van der Waals surface area contributed by atoms with E-state index in [1.165, 1.54) is 69.8 Å². The number of aromatic nitrogens is 2. The van der Waals surface area contributed by atoms with Crippen molar-refractivity contribution in [3.63, 3.8) is 0 Å². The van der Waals surface area contributed by atoms with Crippen molar-refractivity contribution in [3.05, 3.63) is 23.8 Å². The summed E-state index contributed by atoms with van der Waals surface area (Å²) in [7, 11) is 0. The first-order chi connectivity index (χ1) is 12.3. The summed E-state index contributed by atoms with van der Waals surface area (Å²) in [5.74, 6) is 2.52. The zero-order valence-corrected chi connectivity index (χ0v) is 15.5. The number of aliphatic hydroxyl groups excluding tert-OH is 1. The molecule has 3 fully saturated rings. The lowest BCUT2D eigenvalue weighted by Crippen LogP contribution is -2.45. The molecule has 4 nitrogen and oxygen atoms in total. The van der Waals surface area contributed by atoms with Crippen LogP contribution >= 0.6 is 0 Å². The fourth-order valence-electron chi connectivity index (χ4n) is 5.02. The van der Waals surface area contributed by atoms with Crippen LogP contribution in [0, 0.1) is 11.3 Å². The largest absolute Gasteiger partial charge is 0.396 e. The molecule has 138 valence electrons. The highest BCUT2D eigenvalue weighted by Crippen LogP contribution is 2.44. The van der Waals surface area contributed by atoms with Crippen molar-refractivity contribution in [1.82, 2.24) is 14.9 Å². The summed E-state index contributed by atoms with van der Waals surface area (Å²) in [4.78, 5) is 11.9. The molecule has 1 aromatic heterocycles. The molecule has 3 aliphatic rings. The zero-order valence-electron chi connectivity index (χ0n) is 15.5. The maximum Gasteiger partial charge on any atom is 0.131 e. The minimum absolute atomic E-state index is 0.141. The minimum Gasteiger partial charge on any atom is -0.396 e. The highest BCUT2D eigenvalue weighted by Gasteiger charge is 2.39. The predicted molar refractivity (Wildman–Crippen MR) is 99.2 cm³/mol. The van der Waals surface area contributed by atoms with Crippen LogP contribution in [0.5, 0.6) is 0 Å². The van der Waals surface area contributed by atoms with Gasteiger partial charge in [-0.25, -0.2) is 9.97 Å². The van der Waals surface area contributed by atoms with Crippen molar-refractivity contribution in [1.29, 1.82) is 0 Å². The summed E-state index contributed by atoms with van der Waals surface area (Å²) >= 11 is 0. The molecular formula is C21H33N3O. The summed E-state index contributed by atoms with van der Waals surface area (Å²) in [6.45, 7) is 3.44. The summed E-state index contributed by atoms with van der Waals surface area (Å²) in [6.07, 6.45) is 17.0. The Kier molecular flexibility index (Phi) is 5.37. The van der Waals surface area contributed by atoms with E-state index in [0.717, 1.165) is 31.4 Å². The van der Waals surface area contributed by atoms with Gasteiger partial charge in [-0.15, -0.1) is 0 Å². The van der Waals surface area contributed by atoms with E-state index in [-0.39, 0.29) is 5.41 Å². The van der Waals surface area contributed by atoms with Crippen LogP contribution < -0.4 is 0 Å². The lowest BCUT2D eigenvalue weighted by Gasteiger charge is -2.42. The van der Waals surface area contributed by atoms with Crippen LogP contribution in [-0.4, -0.2) is 39.7 Å². The van der Waals surface area contributed by atoms with Crippen molar-refractivity contribution in [3.8, 4) is 0 Å². The van der Waals surface area contributed by atoms with E-state index in [1.54, 1.807) is 0 Å². The van der Waals surface area contributed by atoms with Gasteiger partial charge in [-0.1, -0.05) is 32.1 Å². The Hall–Kier alpha value is -1.00. The summed E-state index contributed by atoms with van der Waals surface area (Å²) in [5.41, 5.74) is 1.36. The smallest absolute Gasteiger partial charge is 0.131 e. The molecule has 1 saturated heterocycles. The quantitative estimate of drug-likeness (QED) is 0.851. The van der Waals surface area contributed by atoms with E-state index in [9.17, 15) is 5.11 Å². The molecular weight excluding hydrogens is 310 g/mol. The number of hydrogen-bond donors (Lipinski definition) is 1. The number of rotatable bonds is 6. The number of likely N-dealkylation sites (tertiary alicyclic amines) is 1. The first kappa shape index (κ1) is 17.4. The van der Waals surface area contributed by atoms with Gasteiger partial charge in [0.25, 0.3) is 0 Å². The molecule has 2 aliphatic carbocycles. The Morgan fingerprint density at radius 3 is 2.48 bits per heavy atom. The van der Waals surface area contributed by atoms with E-state index in [1.807, 2.05) is 12.4 Å². The van der Waals surface area contributed by atoms with Gasteiger partial charge in [0.2, 0.25) is 0 Å². The Balaban J connectivity index is 1.36. The Morgan fingerprint density at radius 2 is 1.80 bits per heavy atom. The summed E-state index contributed by atoms with van der Waals surface area (Å²) in [6, 6.07) is 0. The average molecular weight is 344 g/mol. The maximum absolute atomic E-state index is 10.0. The fraction of sp³-hybridized carbons (Fsp3) is 0.810. The minimum atomic E-state index is 0.141. The maximum atomic E-state index is 10.0. The third kappa shape index (κ3) is 4.40. The third-order valence-electron chi connectivity index (χ3n) is 6.60. The molecule has 0 bridgehead atoms. The second kappa shape index (κ2) is 7.71. The van der Waals surface area contributed by atoms with Crippen molar-refractivity contribution in [2.45, 2.75) is 76.7 Å². The molecule has 0 amide bonds. The zero-order chi connectivity index (χ0) is 17.1. The highest BCUT2D eigenvalue weighted by molar-refractivity contribution is 5.08. The topological polar surface area (TPSA) is 49.2 Å². The van der Waals surface area contributed by atoms with Crippen LogP contribution in [0.3, 0.4) is 0 Å². The van der Waals surface area contributed by atoms with Crippen LogP contribution in [0.25, 0.3) is 0 Å². The molecule has 1 aromatic rings. The summed E-state index contributed by atoms with van der Waals surface area (Å²) in [5, 5.41) is 10.0. The van der Waals surface area contributed by atoms with Gasteiger partial charge < -0.3 is 5.11 Å². The van der Waals surface area contributed by atoms with Crippen LogP contribution in [0.2, 0.25) is 0 Å². The molecule has 0 unspecified atom stereocenters. The lowest BCUT2D eigenvalue weighted by atomic mass is 9.76. The Labute approximate surface area is 152 Å². The molecule has 4 rings (SSSR count). The second-order valence-corrected chi connectivity index (χ2v) is 8.90. The predicted octanol–water partition coefficient (Wildman–Crippen LogP) is 3.90. The average Bonchev–Trinajstić information content (AvgIpc) is 3.47. The van der Waals surface area contributed by atoms with Crippen molar-refractivity contribution >= 4 is 0 Å². The highest BCUT2D eigenvalue weighted by atomic mass is 16.3. The van der Waals surface area contributed by atoms with Crippen LogP contribution in [-0.2, 0) is 6.54 Å². The molecule has 1 N–H and O–H groups in total. The van der Waals surface area contributed by atoms with Gasteiger partial charge >= 0.3 is 0 Å². The Bertz CT molecular complexity index is 551. The Morgan fingerprint density at radius 1 is 1.04 bits per heavy atom. The first-order valence-corrected chi connectivity index (χ1v) is 10.4. The normalized spacial score (nSPS) is 29.0. The van der Waals surface area contributed by atoms with Crippen LogP contribution in [0.1, 0.15) is 81.5 Å². The van der Waals surface area contributed by atoms with E-state index in [4.69, 9.17) is 9.97 Å². The number of piperidine rings is 1. The SMILES string of the molecule is OC[C@@]1(CC2CC2)CCCN(Cc2cnc(C3CCCCC3)nc2)C1. The van der Waals surface area contributed by atoms with E-state index in [0.29, 0.717) is 12.5 Å². The molecule has 1 aliphatic heterocycles. The van der Waals surface area contributed by atoms with Gasteiger partial charge in [-0.05, 0) is 44.6 Å². The summed E-state index contributed by atoms with van der Waals surface area (Å²) < 4.78 is 0. The van der Waals surface area contributed by atoms with Crippen LogP contribution in [0.15, 0.2) is 12.4 Å². The van der Waals surface area contributed by atoms with Gasteiger partial charge in [0, 0.05) is 49.0 Å². The number of hydrogen-bond acceptors (Lipinski definition) is 4. The lowest BCUT2D eigenvalue weighted by molar-refractivity contribution is 0.0179. The van der Waals surface area contributed by atoms with Gasteiger partial charge in [0.1, 0.15) is 5.82 Å². The van der Waals surface area contributed by atoms with Gasteiger partial charge in [-0.2, -0.15) is 0 Å². The van der Waals surface area contributed by atoms with Gasteiger partial charge in [0.05, 0.1) is 0 Å². The van der Waals surface area contributed by atoms with E-state index < -0.39 is 0 Å². The number of aliphatic hydroxyl groups is 1. The molecule has 0 spiro atoms. The van der Waals surface area contributed by atoms with Gasteiger partial charge in [0.15, 0.2) is 0 Å². The monoisotopic (exact) mass is 343 g/mol. The molecule has 0 radical (unpaired) electrons. The van der Waals surface area contributed by atoms with Crippen molar-refractivity contribution in [2.24, 2.45) is 11.3 Å². The standard InChI is InChI=1S/C21H33N3O/c25-16-21(11-17-7-8-17)9-4-10-24(15-21)14-18-12-22-20(23-13-18)19-5-2-1-3-6-19/h12-13,17,19,25H,1-11,14-16H2/t21-/m1/s1. The van der Waals surface area contributed by atoms with E-state index >= 15 is 0 Å². The number of nitrogens with zero attached hydrogens (tertiary/aromatic N) is 3. The second-order valence-electron chi connectivity index (χ2n) is 8.90. The molecule has 4 heteroatoms. The van der Waals surface area contributed by atoms with Crippen molar-refractivity contribution in [2.75, 3.05) is 19.7 Å². The molecule has 1 atom stereocenters. The van der Waals surface area contributed by atoms with Gasteiger partial charge in [-0.3, -0.25) is 4.90 Å². The molecule has 2 saturated carbocycles. The van der Waals surface area contributed by atoms with E-state index in [2.05, 4.69) is 4.90 Å². The third-order valence-corrected chi connectivity index (χ3v) is 6.60. The van der Waals surface area contributed by atoms with Crippen LogP contribution in [0.4, 0.5) is 0 Å². The molecule has 25 heavy (non-hydrogen) atoms. The first-order valence-electron chi connectivity index (χ1n) is 10.4.